The average Bonchev–Trinajstić information content (AvgIpc) is 2.01. The molecule has 1 rings (SSSR count). The van der Waals surface area contributed by atoms with E-state index in [1.807, 2.05) is 20.8 Å². The second-order valence-corrected chi connectivity index (χ2v) is 5.69. The lowest BCUT2D eigenvalue weighted by Gasteiger charge is -2.31. The van der Waals surface area contributed by atoms with Crippen LogP contribution in [0.15, 0.2) is 0 Å². The lowest BCUT2D eigenvalue weighted by Crippen LogP contribution is -2.55. The van der Waals surface area contributed by atoms with Crippen LogP contribution in [0.25, 0.3) is 0 Å². The molecule has 0 aliphatic carbocycles. The monoisotopic (exact) mass is 221 g/mol. The topological polar surface area (TPSA) is 61.4 Å². The molecule has 0 radical (unpaired) electrons. The predicted octanol–water partition coefficient (Wildman–Crippen LogP) is -0.477. The van der Waals surface area contributed by atoms with Gasteiger partial charge in [-0.2, -0.15) is 17.4 Å². The fraction of sp³-hybridized carbons (Fsp3) is 1.00. The third-order valence-electron chi connectivity index (χ3n) is 2.06. The van der Waals surface area contributed by atoms with Crippen LogP contribution in [0.2, 0.25) is 0 Å². The van der Waals surface area contributed by atoms with Crippen LogP contribution in [0.3, 0.4) is 0 Å². The van der Waals surface area contributed by atoms with Crippen molar-refractivity contribution in [3.8, 4) is 0 Å². The van der Waals surface area contributed by atoms with Crippen molar-refractivity contribution in [2.45, 2.75) is 32.9 Å². The molecule has 0 bridgehead atoms. The Morgan fingerprint density at radius 1 is 1.50 bits per heavy atom. The Hall–Kier alpha value is -0.170. The van der Waals surface area contributed by atoms with Gasteiger partial charge >= 0.3 is 0 Å². The van der Waals surface area contributed by atoms with Crippen LogP contribution >= 0.6 is 0 Å². The fourth-order valence-electron chi connectivity index (χ4n) is 1.49. The van der Waals surface area contributed by atoms with E-state index in [0.717, 1.165) is 6.54 Å². The summed E-state index contributed by atoms with van der Waals surface area (Å²) in [4.78, 5) is 0. The average molecular weight is 221 g/mol. The van der Waals surface area contributed by atoms with Gasteiger partial charge in [-0.15, -0.1) is 0 Å². The third kappa shape index (κ3) is 3.20. The molecule has 84 valence electrons. The summed E-state index contributed by atoms with van der Waals surface area (Å²) in [6.07, 6.45) is 0. The highest BCUT2D eigenvalue weighted by Crippen LogP contribution is 2.04. The molecule has 1 saturated heterocycles. The Labute approximate surface area is 86.0 Å². The van der Waals surface area contributed by atoms with Crippen LogP contribution in [-0.2, 0) is 10.2 Å². The van der Waals surface area contributed by atoms with Crippen molar-refractivity contribution in [1.82, 2.24) is 14.3 Å². The standard InChI is InChI=1S/C8H19N3O2S/c1-7(2)10-14(12,13)11-5-4-9-8(3)6-11/h7-10H,4-6H2,1-3H3/t8-/m1/s1. The number of rotatable bonds is 3. The molecule has 0 spiro atoms. The molecule has 1 atom stereocenters. The zero-order chi connectivity index (χ0) is 10.8. The van der Waals surface area contributed by atoms with Crippen LogP contribution in [0.4, 0.5) is 0 Å². The lowest BCUT2D eigenvalue weighted by atomic mass is 10.3. The maximum atomic E-state index is 11.7. The summed E-state index contributed by atoms with van der Waals surface area (Å²) in [7, 11) is -3.27. The van der Waals surface area contributed by atoms with Crippen molar-refractivity contribution in [2.24, 2.45) is 0 Å². The molecule has 1 heterocycles. The summed E-state index contributed by atoms with van der Waals surface area (Å²) in [5.74, 6) is 0. The Kier molecular flexibility index (Phi) is 3.88. The number of nitrogens with zero attached hydrogens (tertiary/aromatic N) is 1. The van der Waals surface area contributed by atoms with Gasteiger partial charge in [0, 0.05) is 31.7 Å². The number of nitrogens with one attached hydrogen (secondary N) is 2. The molecule has 1 aliphatic heterocycles. The minimum Gasteiger partial charge on any atom is -0.312 e. The highest BCUT2D eigenvalue weighted by molar-refractivity contribution is 7.87. The molecular formula is C8H19N3O2S. The van der Waals surface area contributed by atoms with Crippen LogP contribution < -0.4 is 10.0 Å². The smallest absolute Gasteiger partial charge is 0.279 e. The summed E-state index contributed by atoms with van der Waals surface area (Å²) in [5.41, 5.74) is 0. The largest absolute Gasteiger partial charge is 0.312 e. The second-order valence-electron chi connectivity index (χ2n) is 3.99. The third-order valence-corrected chi connectivity index (χ3v) is 3.84. The van der Waals surface area contributed by atoms with Gasteiger partial charge in [-0.25, -0.2) is 0 Å². The molecule has 6 heteroatoms. The number of hydrogen-bond donors (Lipinski definition) is 2. The molecule has 5 nitrogen and oxygen atoms in total. The molecule has 14 heavy (non-hydrogen) atoms. The molecule has 0 amide bonds. The quantitative estimate of drug-likeness (QED) is 0.677. The molecule has 0 aromatic rings. The Morgan fingerprint density at radius 3 is 2.64 bits per heavy atom. The van der Waals surface area contributed by atoms with Gasteiger partial charge in [0.05, 0.1) is 0 Å². The minimum absolute atomic E-state index is 0.0507. The van der Waals surface area contributed by atoms with Gasteiger partial charge in [0.1, 0.15) is 0 Å². The van der Waals surface area contributed by atoms with E-state index in [0.29, 0.717) is 13.1 Å². The van der Waals surface area contributed by atoms with Gasteiger partial charge in [-0.3, -0.25) is 0 Å². The van der Waals surface area contributed by atoms with Gasteiger partial charge in [0.15, 0.2) is 0 Å². The zero-order valence-corrected chi connectivity index (χ0v) is 9.76. The van der Waals surface area contributed by atoms with Crippen LogP contribution in [-0.4, -0.2) is 44.4 Å². The van der Waals surface area contributed by atoms with Gasteiger partial charge in [-0.1, -0.05) is 0 Å². The first-order valence-electron chi connectivity index (χ1n) is 4.92. The SMILES string of the molecule is CC(C)NS(=O)(=O)N1CCN[C@H](C)C1. The highest BCUT2D eigenvalue weighted by atomic mass is 32.2. The zero-order valence-electron chi connectivity index (χ0n) is 8.95. The van der Waals surface area contributed by atoms with Crippen molar-refractivity contribution in [2.75, 3.05) is 19.6 Å². The molecule has 1 fully saturated rings. The molecule has 2 N–H and O–H groups in total. The Morgan fingerprint density at radius 2 is 2.14 bits per heavy atom. The Bertz CT molecular complexity index is 276. The number of piperazine rings is 1. The highest BCUT2D eigenvalue weighted by Gasteiger charge is 2.26. The second kappa shape index (κ2) is 4.57. The van der Waals surface area contributed by atoms with Crippen molar-refractivity contribution in [3.63, 3.8) is 0 Å². The van der Waals surface area contributed by atoms with Crippen molar-refractivity contribution in [3.05, 3.63) is 0 Å². The van der Waals surface area contributed by atoms with Gasteiger partial charge in [0.25, 0.3) is 10.2 Å². The van der Waals surface area contributed by atoms with Crippen molar-refractivity contribution >= 4 is 10.2 Å². The molecule has 0 saturated carbocycles. The molecular weight excluding hydrogens is 202 g/mol. The van der Waals surface area contributed by atoms with Crippen LogP contribution in [0.1, 0.15) is 20.8 Å². The van der Waals surface area contributed by atoms with Crippen molar-refractivity contribution < 1.29 is 8.42 Å². The maximum absolute atomic E-state index is 11.7. The summed E-state index contributed by atoms with van der Waals surface area (Å²) < 4.78 is 27.5. The first-order chi connectivity index (χ1) is 6.42. The van der Waals surface area contributed by atoms with Crippen LogP contribution in [0.5, 0.6) is 0 Å². The maximum Gasteiger partial charge on any atom is 0.279 e. The van der Waals surface area contributed by atoms with Gasteiger partial charge < -0.3 is 5.32 Å². The summed E-state index contributed by atoms with van der Waals surface area (Å²) in [6, 6.07) is 0.178. The van der Waals surface area contributed by atoms with E-state index in [-0.39, 0.29) is 12.1 Å². The first-order valence-corrected chi connectivity index (χ1v) is 6.36. The molecule has 0 aromatic carbocycles. The molecule has 0 aromatic heterocycles. The Balaban J connectivity index is 2.62. The van der Waals surface area contributed by atoms with E-state index in [1.54, 1.807) is 0 Å². The fourth-order valence-corrected chi connectivity index (χ4v) is 2.98. The van der Waals surface area contributed by atoms with E-state index < -0.39 is 10.2 Å². The predicted molar refractivity (Wildman–Crippen MR) is 56.2 cm³/mol. The van der Waals surface area contributed by atoms with Gasteiger partial charge in [-0.05, 0) is 20.8 Å². The lowest BCUT2D eigenvalue weighted by molar-refractivity contribution is 0.305. The molecule has 0 unspecified atom stereocenters. The first kappa shape index (κ1) is 11.9. The van der Waals surface area contributed by atoms with Crippen molar-refractivity contribution in [1.29, 1.82) is 0 Å². The van der Waals surface area contributed by atoms with E-state index in [1.165, 1.54) is 4.31 Å². The van der Waals surface area contributed by atoms with Crippen LogP contribution in [0, 0.1) is 0 Å². The van der Waals surface area contributed by atoms with E-state index in [2.05, 4.69) is 10.0 Å². The minimum atomic E-state index is -3.27. The summed E-state index contributed by atoms with van der Waals surface area (Å²) in [5, 5.41) is 3.20. The summed E-state index contributed by atoms with van der Waals surface area (Å²) >= 11 is 0. The van der Waals surface area contributed by atoms with E-state index >= 15 is 0 Å². The summed E-state index contributed by atoms with van der Waals surface area (Å²) in [6.45, 7) is 7.44. The van der Waals surface area contributed by atoms with E-state index in [9.17, 15) is 8.42 Å². The number of hydrogen-bond acceptors (Lipinski definition) is 3. The van der Waals surface area contributed by atoms with Gasteiger partial charge in [0.2, 0.25) is 0 Å². The molecule has 1 aliphatic rings. The normalized spacial score (nSPS) is 25.6. The van der Waals surface area contributed by atoms with E-state index in [4.69, 9.17) is 0 Å².